The lowest BCUT2D eigenvalue weighted by atomic mass is 9.88. The summed E-state index contributed by atoms with van der Waals surface area (Å²) in [6, 6.07) is 9.20. The Labute approximate surface area is 218 Å². The van der Waals surface area contributed by atoms with Crippen molar-refractivity contribution >= 4 is 27.5 Å². The molecule has 1 aliphatic carbocycles. The predicted octanol–water partition coefficient (Wildman–Crippen LogP) is 3.67. The third-order valence-corrected chi connectivity index (χ3v) is 8.04. The van der Waals surface area contributed by atoms with Gasteiger partial charge in [-0.05, 0) is 74.8 Å². The van der Waals surface area contributed by atoms with Crippen molar-refractivity contribution < 1.29 is 26.3 Å². The van der Waals surface area contributed by atoms with Gasteiger partial charge in [0.05, 0.1) is 10.6 Å². The molecular weight excluding hydrogens is 521 g/mol. The largest absolute Gasteiger partial charge is 0.573 e. The Morgan fingerprint density at radius 2 is 1.76 bits per heavy atom. The monoisotopic (exact) mass is 548 g/mol. The molecule has 1 aliphatic heterocycles. The quantitative estimate of drug-likeness (QED) is 0.497. The van der Waals surface area contributed by atoms with Crippen LogP contribution in [0.5, 0.6) is 5.75 Å². The van der Waals surface area contributed by atoms with E-state index < -0.39 is 22.1 Å². The van der Waals surface area contributed by atoms with Crippen LogP contribution in [-0.4, -0.2) is 62.9 Å². The van der Waals surface area contributed by atoms with Gasteiger partial charge in [0, 0.05) is 36.4 Å². The van der Waals surface area contributed by atoms with Crippen molar-refractivity contribution in [3.05, 3.63) is 53.6 Å². The molecule has 3 aromatic rings. The summed E-state index contributed by atoms with van der Waals surface area (Å²) in [4.78, 5) is 13.5. The number of hydrogen-bond donors (Lipinski definition) is 2. The van der Waals surface area contributed by atoms with Crippen LogP contribution in [0.25, 0.3) is 11.3 Å². The van der Waals surface area contributed by atoms with Gasteiger partial charge >= 0.3 is 6.36 Å². The molecular formula is C25H27F3N6O3S. The second-order valence-electron chi connectivity index (χ2n) is 9.37. The van der Waals surface area contributed by atoms with Crippen LogP contribution >= 0.6 is 0 Å². The van der Waals surface area contributed by atoms with Crippen LogP contribution in [0.4, 0.5) is 30.6 Å². The van der Waals surface area contributed by atoms with Gasteiger partial charge in [-0.2, -0.15) is 4.98 Å². The fraction of sp³-hybridized carbons (Fsp3) is 0.360. The first kappa shape index (κ1) is 26.0. The first-order valence-corrected chi connectivity index (χ1v) is 13.6. The molecule has 0 bridgehead atoms. The van der Waals surface area contributed by atoms with Crippen molar-refractivity contribution in [3.8, 4) is 17.0 Å². The Bertz CT molecular complexity index is 1450. The average molecular weight is 549 g/mol. The Hall–Kier alpha value is -3.58. The number of benzene rings is 2. The van der Waals surface area contributed by atoms with E-state index in [1.165, 1.54) is 0 Å². The molecule has 13 heteroatoms. The molecule has 202 valence electrons. The third kappa shape index (κ3) is 5.63. The summed E-state index contributed by atoms with van der Waals surface area (Å²) in [5, 5.41) is 0. The number of hydrogen-bond acceptors (Lipinski definition) is 8. The highest BCUT2D eigenvalue weighted by Gasteiger charge is 2.31. The summed E-state index contributed by atoms with van der Waals surface area (Å²) in [6.07, 6.45) is -2.50. The summed E-state index contributed by atoms with van der Waals surface area (Å²) in [7, 11) is -1.94. The molecule has 38 heavy (non-hydrogen) atoms. The van der Waals surface area contributed by atoms with Crippen LogP contribution in [0, 0.1) is 0 Å². The van der Waals surface area contributed by atoms with Crippen LogP contribution in [-0.2, 0) is 22.9 Å². The third-order valence-electron chi connectivity index (χ3n) is 6.65. The lowest BCUT2D eigenvalue weighted by Gasteiger charge is -2.28. The number of nitrogens with one attached hydrogen (secondary N) is 1. The van der Waals surface area contributed by atoms with Gasteiger partial charge < -0.3 is 20.3 Å². The second-order valence-corrected chi connectivity index (χ2v) is 11.1. The lowest BCUT2D eigenvalue weighted by molar-refractivity contribution is -0.274. The first-order valence-electron chi connectivity index (χ1n) is 12.1. The smallest absolute Gasteiger partial charge is 0.406 e. The summed E-state index contributed by atoms with van der Waals surface area (Å²) >= 11 is 0. The van der Waals surface area contributed by atoms with E-state index in [4.69, 9.17) is 5.73 Å². The maximum atomic E-state index is 12.9. The fourth-order valence-corrected chi connectivity index (χ4v) is 5.90. The highest BCUT2D eigenvalue weighted by Crippen LogP contribution is 2.38. The van der Waals surface area contributed by atoms with Gasteiger partial charge in [-0.25, -0.2) is 13.4 Å². The average Bonchev–Trinajstić information content (AvgIpc) is 3.06. The second kappa shape index (κ2) is 9.95. The number of ether oxygens (including phenoxy) is 1. The van der Waals surface area contributed by atoms with E-state index in [0.29, 0.717) is 18.5 Å². The van der Waals surface area contributed by atoms with Crippen LogP contribution in [0.3, 0.4) is 0 Å². The van der Waals surface area contributed by atoms with E-state index in [1.54, 1.807) is 18.2 Å². The number of sulfonamides is 1. The van der Waals surface area contributed by atoms with Crippen molar-refractivity contribution in [2.45, 2.75) is 30.5 Å². The van der Waals surface area contributed by atoms with Crippen LogP contribution in [0.1, 0.15) is 17.5 Å². The van der Waals surface area contributed by atoms with E-state index in [-0.39, 0.29) is 10.8 Å². The summed E-state index contributed by atoms with van der Waals surface area (Å²) in [5.41, 5.74) is 10.0. The first-order chi connectivity index (χ1) is 18.0. The van der Waals surface area contributed by atoms with Gasteiger partial charge in [0.25, 0.3) is 10.0 Å². The van der Waals surface area contributed by atoms with Crippen molar-refractivity contribution in [2.24, 2.45) is 0 Å². The molecule has 0 atom stereocenters. The van der Waals surface area contributed by atoms with E-state index in [0.717, 1.165) is 85.1 Å². The molecule has 5 rings (SSSR count). The number of nitrogen functional groups attached to an aromatic ring is 1. The number of nitrogens with two attached hydrogens (primary N) is 1. The number of likely N-dealkylation sites (N-methyl/N-ethyl adjacent to an activating group) is 1. The van der Waals surface area contributed by atoms with Gasteiger partial charge in [-0.15, -0.1) is 13.2 Å². The van der Waals surface area contributed by atoms with E-state index in [9.17, 15) is 21.6 Å². The molecule has 3 N–H and O–H groups in total. The molecule has 2 aliphatic rings. The molecule has 2 aromatic carbocycles. The topological polar surface area (TPSA) is 114 Å². The minimum Gasteiger partial charge on any atom is -0.406 e. The van der Waals surface area contributed by atoms with Crippen LogP contribution in [0.15, 0.2) is 47.4 Å². The minimum absolute atomic E-state index is 0.187. The van der Waals surface area contributed by atoms with Crippen molar-refractivity contribution in [1.29, 1.82) is 0 Å². The number of fused-ring (bicyclic) bond motifs is 3. The summed E-state index contributed by atoms with van der Waals surface area (Å²) in [6.45, 7) is 3.67. The fourth-order valence-electron chi connectivity index (χ4n) is 4.85. The SMILES string of the molecule is CN1CCCN(c2nc(N)nc3c2CCc2cc(NS(=O)(=O)c4ccc(OC(F)(F)F)cc4)ccc2-3)CC1. The summed E-state index contributed by atoms with van der Waals surface area (Å²) < 4.78 is 69.2. The van der Waals surface area contributed by atoms with Crippen molar-refractivity contribution in [2.75, 3.05) is 48.6 Å². The van der Waals surface area contributed by atoms with Crippen LogP contribution < -0.4 is 20.1 Å². The minimum atomic E-state index is -4.86. The Balaban J connectivity index is 1.39. The highest BCUT2D eigenvalue weighted by atomic mass is 32.2. The maximum absolute atomic E-state index is 12.9. The molecule has 1 fully saturated rings. The van der Waals surface area contributed by atoms with Gasteiger partial charge in [-0.3, -0.25) is 4.72 Å². The van der Waals surface area contributed by atoms with Gasteiger partial charge in [0.2, 0.25) is 5.95 Å². The van der Waals surface area contributed by atoms with Gasteiger partial charge in [0.1, 0.15) is 11.6 Å². The van der Waals surface area contributed by atoms with Crippen LogP contribution in [0.2, 0.25) is 0 Å². The Morgan fingerprint density at radius 1 is 1.00 bits per heavy atom. The number of halogens is 3. The normalized spacial score (nSPS) is 16.4. The molecule has 1 saturated heterocycles. The zero-order valence-electron chi connectivity index (χ0n) is 20.6. The molecule has 0 spiro atoms. The number of anilines is 3. The number of rotatable bonds is 5. The number of aromatic nitrogens is 2. The lowest BCUT2D eigenvalue weighted by Crippen LogP contribution is -2.31. The number of alkyl halides is 3. The van der Waals surface area contributed by atoms with Crippen molar-refractivity contribution in [1.82, 2.24) is 14.9 Å². The number of aryl methyl sites for hydroxylation is 1. The van der Waals surface area contributed by atoms with E-state index >= 15 is 0 Å². The highest BCUT2D eigenvalue weighted by molar-refractivity contribution is 7.92. The number of nitrogens with zero attached hydrogens (tertiary/aromatic N) is 4. The van der Waals surface area contributed by atoms with E-state index in [2.05, 4.69) is 36.3 Å². The molecule has 0 radical (unpaired) electrons. The Kier molecular flexibility index (Phi) is 6.82. The standard InChI is InChI=1S/C25H27F3N6O3S/c1-33-11-2-12-34(14-13-33)23-21-9-3-16-15-17(4-10-20(16)22(21)30-24(29)31-23)32-38(35,36)19-7-5-18(6-8-19)37-25(26,27)28/h4-8,10,15,32H,2-3,9,11-14H2,1H3,(H2,29,30,31). The maximum Gasteiger partial charge on any atom is 0.573 e. The Morgan fingerprint density at radius 3 is 2.50 bits per heavy atom. The molecule has 0 amide bonds. The zero-order valence-corrected chi connectivity index (χ0v) is 21.4. The molecule has 9 nitrogen and oxygen atoms in total. The van der Waals surface area contributed by atoms with Crippen molar-refractivity contribution in [3.63, 3.8) is 0 Å². The summed E-state index contributed by atoms with van der Waals surface area (Å²) in [5.74, 6) is 0.542. The molecule has 0 saturated carbocycles. The molecule has 0 unspecified atom stereocenters. The predicted molar refractivity (Wildman–Crippen MR) is 138 cm³/mol. The molecule has 2 heterocycles. The molecule has 1 aromatic heterocycles. The van der Waals surface area contributed by atoms with Gasteiger partial charge in [0.15, 0.2) is 0 Å². The van der Waals surface area contributed by atoms with Gasteiger partial charge in [-0.1, -0.05) is 6.07 Å². The van der Waals surface area contributed by atoms with E-state index in [1.807, 2.05) is 0 Å². The zero-order chi connectivity index (χ0) is 27.1.